The van der Waals surface area contributed by atoms with Crippen molar-refractivity contribution in [1.29, 1.82) is 0 Å². The molecule has 0 aliphatic heterocycles. The predicted octanol–water partition coefficient (Wildman–Crippen LogP) is 4.97. The van der Waals surface area contributed by atoms with Crippen LogP contribution in [0.15, 0.2) is 57.3 Å². The molecule has 0 atom stereocenters. The molecular formula is C21H18N4O4S2. The van der Waals surface area contributed by atoms with Crippen LogP contribution in [0, 0.1) is 0 Å². The summed E-state index contributed by atoms with van der Waals surface area (Å²) in [6.07, 6.45) is 0. The van der Waals surface area contributed by atoms with Gasteiger partial charge in [0.05, 0.1) is 24.2 Å². The number of para-hydroxylation sites is 3. The van der Waals surface area contributed by atoms with E-state index in [0.29, 0.717) is 31.9 Å². The van der Waals surface area contributed by atoms with Gasteiger partial charge in [-0.05, 0) is 24.3 Å². The minimum Gasteiger partial charge on any atom is -0.495 e. The molecule has 1 amide bonds. The van der Waals surface area contributed by atoms with Gasteiger partial charge in [-0.2, -0.15) is 0 Å². The molecule has 0 bridgehead atoms. The number of aromatic nitrogens is 2. The zero-order chi connectivity index (χ0) is 21.8. The van der Waals surface area contributed by atoms with Crippen LogP contribution in [-0.4, -0.2) is 34.8 Å². The molecule has 0 aliphatic rings. The van der Waals surface area contributed by atoms with Crippen molar-refractivity contribution in [2.45, 2.75) is 11.3 Å². The van der Waals surface area contributed by atoms with E-state index in [2.05, 4.69) is 20.8 Å². The molecule has 2 heterocycles. The standard InChI is InChI=1S/C21H18N4O4S2/c1-12(26)19-18(13-7-3-5-9-15(13)29-19)23-17(27)11-30-21-25-24-20(31-21)22-14-8-4-6-10-16(14)28-2/h3-10H,11H2,1-2H3,(H,22,24)(H,23,27). The van der Waals surface area contributed by atoms with E-state index in [4.69, 9.17) is 9.15 Å². The van der Waals surface area contributed by atoms with Crippen LogP contribution < -0.4 is 15.4 Å². The fourth-order valence-electron chi connectivity index (χ4n) is 2.90. The summed E-state index contributed by atoms with van der Waals surface area (Å²) in [7, 11) is 1.60. The minimum absolute atomic E-state index is 0.111. The topological polar surface area (TPSA) is 106 Å². The maximum atomic E-state index is 12.5. The number of fused-ring (bicyclic) bond motifs is 1. The maximum absolute atomic E-state index is 12.5. The number of anilines is 3. The fourth-order valence-corrected chi connectivity index (χ4v) is 4.47. The lowest BCUT2D eigenvalue weighted by Crippen LogP contribution is -2.15. The molecule has 31 heavy (non-hydrogen) atoms. The smallest absolute Gasteiger partial charge is 0.234 e. The number of nitrogens with zero attached hydrogens (tertiary/aromatic N) is 2. The molecule has 4 aromatic rings. The average Bonchev–Trinajstić information content (AvgIpc) is 3.37. The van der Waals surface area contributed by atoms with E-state index >= 15 is 0 Å². The highest BCUT2D eigenvalue weighted by atomic mass is 32.2. The van der Waals surface area contributed by atoms with Gasteiger partial charge in [-0.15, -0.1) is 10.2 Å². The Balaban J connectivity index is 1.41. The highest BCUT2D eigenvalue weighted by molar-refractivity contribution is 8.01. The summed E-state index contributed by atoms with van der Waals surface area (Å²) in [5.74, 6) is 0.419. The molecular weight excluding hydrogens is 436 g/mol. The molecule has 2 aromatic heterocycles. The van der Waals surface area contributed by atoms with Crippen molar-refractivity contribution in [2.75, 3.05) is 23.5 Å². The number of rotatable bonds is 8. The first-order valence-corrected chi connectivity index (χ1v) is 11.0. The molecule has 4 rings (SSSR count). The molecule has 0 saturated heterocycles. The summed E-state index contributed by atoms with van der Waals surface area (Å²) in [6.45, 7) is 1.40. The van der Waals surface area contributed by atoms with E-state index in [1.54, 1.807) is 19.2 Å². The van der Waals surface area contributed by atoms with E-state index in [-0.39, 0.29) is 23.2 Å². The van der Waals surface area contributed by atoms with Crippen LogP contribution in [0.4, 0.5) is 16.5 Å². The third-order valence-corrected chi connectivity index (χ3v) is 6.23. The van der Waals surface area contributed by atoms with E-state index in [1.807, 2.05) is 36.4 Å². The largest absolute Gasteiger partial charge is 0.495 e. The molecule has 2 N–H and O–H groups in total. The van der Waals surface area contributed by atoms with Crippen molar-refractivity contribution in [3.05, 3.63) is 54.3 Å². The minimum atomic E-state index is -0.270. The average molecular weight is 455 g/mol. The summed E-state index contributed by atoms with van der Waals surface area (Å²) in [5.41, 5.74) is 1.72. The number of hydrogen-bond donors (Lipinski definition) is 2. The zero-order valence-corrected chi connectivity index (χ0v) is 18.3. The number of carbonyl (C=O) groups excluding carboxylic acids is 2. The molecule has 0 radical (unpaired) electrons. The van der Waals surface area contributed by atoms with Crippen LogP contribution >= 0.6 is 23.1 Å². The van der Waals surface area contributed by atoms with Gasteiger partial charge in [0, 0.05) is 12.3 Å². The maximum Gasteiger partial charge on any atom is 0.234 e. The number of benzene rings is 2. The molecule has 8 nitrogen and oxygen atoms in total. The Kier molecular flexibility index (Phi) is 6.19. The first-order valence-electron chi connectivity index (χ1n) is 9.24. The summed E-state index contributed by atoms with van der Waals surface area (Å²) in [5, 5.41) is 15.5. The van der Waals surface area contributed by atoms with Gasteiger partial charge in [-0.1, -0.05) is 47.4 Å². The molecule has 2 aromatic carbocycles. The number of hydrogen-bond acceptors (Lipinski definition) is 9. The SMILES string of the molecule is COc1ccccc1Nc1nnc(SCC(=O)Nc2c(C(C)=O)oc3ccccc23)s1. The second kappa shape index (κ2) is 9.19. The fraction of sp³-hybridized carbons (Fsp3) is 0.143. The first-order chi connectivity index (χ1) is 15.0. The van der Waals surface area contributed by atoms with Crippen molar-refractivity contribution in [3.63, 3.8) is 0 Å². The van der Waals surface area contributed by atoms with Gasteiger partial charge in [0.25, 0.3) is 0 Å². The highest BCUT2D eigenvalue weighted by Crippen LogP contribution is 2.33. The van der Waals surface area contributed by atoms with Crippen molar-refractivity contribution in [1.82, 2.24) is 10.2 Å². The van der Waals surface area contributed by atoms with Crippen molar-refractivity contribution >= 4 is 62.3 Å². The Morgan fingerprint density at radius 1 is 1.13 bits per heavy atom. The Bertz CT molecular complexity index is 1250. The van der Waals surface area contributed by atoms with E-state index in [9.17, 15) is 9.59 Å². The number of methoxy groups -OCH3 is 1. The first kappa shape index (κ1) is 20.9. The van der Waals surface area contributed by atoms with E-state index in [0.717, 1.165) is 5.69 Å². The monoisotopic (exact) mass is 454 g/mol. The number of carbonyl (C=O) groups is 2. The summed E-state index contributed by atoms with van der Waals surface area (Å²) >= 11 is 2.59. The van der Waals surface area contributed by atoms with Crippen molar-refractivity contribution in [2.24, 2.45) is 0 Å². The van der Waals surface area contributed by atoms with Gasteiger partial charge in [0.1, 0.15) is 11.3 Å². The molecule has 0 spiro atoms. The van der Waals surface area contributed by atoms with E-state index in [1.165, 1.54) is 30.0 Å². The summed E-state index contributed by atoms with van der Waals surface area (Å²) in [4.78, 5) is 24.4. The lowest BCUT2D eigenvalue weighted by Gasteiger charge is -2.07. The third kappa shape index (κ3) is 4.70. The molecule has 158 valence electrons. The molecule has 0 aliphatic carbocycles. The quantitative estimate of drug-likeness (QED) is 0.284. The molecule has 0 fully saturated rings. The van der Waals surface area contributed by atoms with Crippen LogP contribution in [0.25, 0.3) is 11.0 Å². The predicted molar refractivity (Wildman–Crippen MR) is 122 cm³/mol. The number of ketones is 1. The number of furan rings is 1. The number of thioether (sulfide) groups is 1. The lowest BCUT2D eigenvalue weighted by atomic mass is 10.2. The van der Waals surface area contributed by atoms with Gasteiger partial charge < -0.3 is 19.8 Å². The van der Waals surface area contributed by atoms with Gasteiger partial charge in [0.15, 0.2) is 15.9 Å². The molecule has 0 unspecified atom stereocenters. The normalized spacial score (nSPS) is 10.8. The number of ether oxygens (including phenoxy) is 1. The summed E-state index contributed by atoms with van der Waals surface area (Å²) < 4.78 is 11.5. The number of Topliss-reactive ketones (excluding diaryl/α,β-unsaturated/α-hetero) is 1. The van der Waals surface area contributed by atoms with Crippen molar-refractivity contribution < 1.29 is 18.7 Å². The van der Waals surface area contributed by atoms with Crippen LogP contribution in [0.5, 0.6) is 5.75 Å². The Morgan fingerprint density at radius 3 is 2.71 bits per heavy atom. The number of nitrogens with one attached hydrogen (secondary N) is 2. The second-order valence-electron chi connectivity index (χ2n) is 6.39. The molecule has 10 heteroatoms. The van der Waals surface area contributed by atoms with Crippen LogP contribution in [0.1, 0.15) is 17.5 Å². The number of amides is 1. The van der Waals surface area contributed by atoms with E-state index < -0.39 is 0 Å². The van der Waals surface area contributed by atoms with Crippen LogP contribution in [0.3, 0.4) is 0 Å². The Labute approximate surface area is 186 Å². The van der Waals surface area contributed by atoms with Crippen LogP contribution in [0.2, 0.25) is 0 Å². The third-order valence-electron chi connectivity index (χ3n) is 4.26. The zero-order valence-electron chi connectivity index (χ0n) is 16.7. The van der Waals surface area contributed by atoms with Gasteiger partial charge in [-0.25, -0.2) is 0 Å². The lowest BCUT2D eigenvalue weighted by molar-refractivity contribution is -0.113. The van der Waals surface area contributed by atoms with Crippen molar-refractivity contribution in [3.8, 4) is 5.75 Å². The second-order valence-corrected chi connectivity index (χ2v) is 8.59. The summed E-state index contributed by atoms with van der Waals surface area (Å²) in [6, 6.07) is 14.7. The van der Waals surface area contributed by atoms with Gasteiger partial charge in [-0.3, -0.25) is 9.59 Å². The highest BCUT2D eigenvalue weighted by Gasteiger charge is 2.20. The van der Waals surface area contributed by atoms with Crippen LogP contribution in [-0.2, 0) is 4.79 Å². The Hall–Kier alpha value is -3.37. The Morgan fingerprint density at radius 2 is 1.90 bits per heavy atom. The van der Waals surface area contributed by atoms with Gasteiger partial charge in [0.2, 0.25) is 11.0 Å². The van der Waals surface area contributed by atoms with Gasteiger partial charge >= 0.3 is 0 Å². The molecule has 0 saturated carbocycles.